The van der Waals surface area contributed by atoms with Gasteiger partial charge in [-0.1, -0.05) is 22.0 Å². The van der Waals surface area contributed by atoms with Crippen molar-refractivity contribution in [2.24, 2.45) is 5.73 Å². The Hall–Kier alpha value is -0.890. The van der Waals surface area contributed by atoms with Crippen LogP contribution in [0, 0.1) is 6.92 Å². The van der Waals surface area contributed by atoms with E-state index in [4.69, 9.17) is 5.73 Å². The lowest BCUT2D eigenvalue weighted by molar-refractivity contribution is 0.600. The van der Waals surface area contributed by atoms with Gasteiger partial charge in [0, 0.05) is 15.9 Å². The van der Waals surface area contributed by atoms with E-state index in [1.165, 1.54) is 11.3 Å². The van der Waals surface area contributed by atoms with Gasteiger partial charge in [0.15, 0.2) is 0 Å². The molecule has 2 rings (SSSR count). The summed E-state index contributed by atoms with van der Waals surface area (Å²) in [6, 6.07) is 7.02. The van der Waals surface area contributed by atoms with Gasteiger partial charge in [0.2, 0.25) is 0 Å². The zero-order valence-electron chi connectivity index (χ0n) is 10.2. The zero-order valence-corrected chi connectivity index (χ0v) is 13.4. The number of benzene rings is 1. The van der Waals surface area contributed by atoms with Gasteiger partial charge < -0.3 is 5.73 Å². The number of anilines is 1. The number of sulfonamides is 1. The fourth-order valence-corrected chi connectivity index (χ4v) is 4.44. The molecule has 0 aliphatic rings. The Kier molecular flexibility index (Phi) is 4.29. The van der Waals surface area contributed by atoms with E-state index in [0.717, 1.165) is 10.0 Å². The molecule has 0 atom stereocenters. The lowest BCUT2D eigenvalue weighted by Crippen LogP contribution is -2.15. The maximum atomic E-state index is 12.3. The second-order valence-electron chi connectivity index (χ2n) is 3.98. The summed E-state index contributed by atoms with van der Waals surface area (Å²) in [5.41, 5.74) is 6.97. The van der Waals surface area contributed by atoms with Gasteiger partial charge in [0.1, 0.15) is 4.90 Å². The molecule has 4 nitrogen and oxygen atoms in total. The van der Waals surface area contributed by atoms with Crippen LogP contribution >= 0.6 is 27.3 Å². The molecule has 102 valence electrons. The molecule has 3 N–H and O–H groups in total. The van der Waals surface area contributed by atoms with Gasteiger partial charge in [-0.05, 0) is 36.1 Å². The third-order valence-electron chi connectivity index (χ3n) is 2.62. The number of aryl methyl sites for hydroxylation is 1. The summed E-state index contributed by atoms with van der Waals surface area (Å²) in [5.74, 6) is 0. The first-order chi connectivity index (χ1) is 8.94. The monoisotopic (exact) mass is 360 g/mol. The molecule has 0 saturated heterocycles. The van der Waals surface area contributed by atoms with E-state index in [9.17, 15) is 8.42 Å². The predicted molar refractivity (Wildman–Crippen MR) is 81.9 cm³/mol. The average molecular weight is 361 g/mol. The van der Waals surface area contributed by atoms with Crippen LogP contribution in [0.2, 0.25) is 0 Å². The van der Waals surface area contributed by atoms with Crippen molar-refractivity contribution in [3.63, 3.8) is 0 Å². The number of hydrogen-bond donors (Lipinski definition) is 2. The van der Waals surface area contributed by atoms with Crippen molar-refractivity contribution in [2.75, 3.05) is 4.72 Å². The maximum absolute atomic E-state index is 12.3. The predicted octanol–water partition coefficient (Wildman–Crippen LogP) is 3.08. The van der Waals surface area contributed by atoms with Crippen molar-refractivity contribution >= 4 is 43.0 Å². The number of rotatable bonds is 4. The van der Waals surface area contributed by atoms with E-state index < -0.39 is 10.0 Å². The first-order valence-corrected chi connectivity index (χ1v) is 8.65. The summed E-state index contributed by atoms with van der Waals surface area (Å²) in [5, 5.41) is 1.73. The van der Waals surface area contributed by atoms with Gasteiger partial charge >= 0.3 is 0 Å². The van der Waals surface area contributed by atoms with Crippen LogP contribution in [0.3, 0.4) is 0 Å². The van der Waals surface area contributed by atoms with E-state index in [2.05, 4.69) is 20.7 Å². The lowest BCUT2D eigenvalue weighted by Gasteiger charge is -2.11. The highest BCUT2D eigenvalue weighted by atomic mass is 79.9. The van der Waals surface area contributed by atoms with Crippen LogP contribution in [-0.2, 0) is 16.6 Å². The molecule has 0 amide bonds. The largest absolute Gasteiger partial charge is 0.326 e. The highest BCUT2D eigenvalue weighted by Crippen LogP contribution is 2.27. The van der Waals surface area contributed by atoms with Crippen LogP contribution in [-0.4, -0.2) is 8.42 Å². The quantitative estimate of drug-likeness (QED) is 0.879. The molecule has 1 aromatic heterocycles. The molecule has 0 bridgehead atoms. The third kappa shape index (κ3) is 3.17. The lowest BCUT2D eigenvalue weighted by atomic mass is 10.2. The van der Waals surface area contributed by atoms with E-state index in [-0.39, 0.29) is 11.4 Å². The second-order valence-corrected chi connectivity index (χ2v) is 7.54. The first-order valence-electron chi connectivity index (χ1n) is 5.49. The molecule has 0 radical (unpaired) electrons. The van der Waals surface area contributed by atoms with Crippen molar-refractivity contribution in [3.8, 4) is 0 Å². The minimum Gasteiger partial charge on any atom is -0.326 e. The Morgan fingerprint density at radius 2 is 2.11 bits per heavy atom. The molecule has 0 fully saturated rings. The fraction of sp³-hybridized carbons (Fsp3) is 0.167. The van der Waals surface area contributed by atoms with Gasteiger partial charge in [-0.25, -0.2) is 8.42 Å². The summed E-state index contributed by atoms with van der Waals surface area (Å²) in [4.78, 5) is 0.902. The van der Waals surface area contributed by atoms with Crippen molar-refractivity contribution in [2.45, 2.75) is 18.4 Å². The van der Waals surface area contributed by atoms with Gasteiger partial charge in [-0.3, -0.25) is 4.72 Å². The van der Waals surface area contributed by atoms with Crippen LogP contribution in [0.1, 0.15) is 10.4 Å². The standard InChI is InChI=1S/C12H13BrN2O2S2/c1-8-2-3-9(13)6-10(8)15-19(16,17)12-4-5-18-11(12)7-14/h2-6,15H,7,14H2,1H3. The van der Waals surface area contributed by atoms with E-state index in [1.807, 2.05) is 19.1 Å². The summed E-state index contributed by atoms with van der Waals surface area (Å²) >= 11 is 4.67. The van der Waals surface area contributed by atoms with Crippen LogP contribution in [0.25, 0.3) is 0 Å². The summed E-state index contributed by atoms with van der Waals surface area (Å²) in [7, 11) is -3.59. The van der Waals surface area contributed by atoms with Crippen molar-refractivity contribution in [1.82, 2.24) is 0 Å². The number of nitrogens with two attached hydrogens (primary N) is 1. The Bertz CT molecular complexity index is 696. The smallest absolute Gasteiger partial charge is 0.263 e. The minimum absolute atomic E-state index is 0.214. The van der Waals surface area contributed by atoms with Crippen LogP contribution in [0.15, 0.2) is 39.0 Å². The SMILES string of the molecule is Cc1ccc(Br)cc1NS(=O)(=O)c1ccsc1CN. The summed E-state index contributed by atoms with van der Waals surface area (Å²) in [6.45, 7) is 2.06. The first kappa shape index (κ1) is 14.5. The van der Waals surface area contributed by atoms with Crippen LogP contribution in [0.4, 0.5) is 5.69 Å². The Morgan fingerprint density at radius 1 is 1.37 bits per heavy atom. The Labute approximate surface area is 124 Å². The van der Waals surface area contributed by atoms with E-state index in [0.29, 0.717) is 10.6 Å². The normalized spacial score (nSPS) is 11.5. The number of hydrogen-bond acceptors (Lipinski definition) is 4. The molecular weight excluding hydrogens is 348 g/mol. The fourth-order valence-electron chi connectivity index (χ4n) is 1.62. The highest BCUT2D eigenvalue weighted by Gasteiger charge is 2.19. The average Bonchev–Trinajstić information content (AvgIpc) is 2.82. The van der Waals surface area contributed by atoms with E-state index in [1.54, 1.807) is 17.5 Å². The second kappa shape index (κ2) is 5.62. The van der Waals surface area contributed by atoms with Crippen molar-refractivity contribution in [1.29, 1.82) is 0 Å². The van der Waals surface area contributed by atoms with Crippen molar-refractivity contribution in [3.05, 3.63) is 44.6 Å². The minimum atomic E-state index is -3.59. The van der Waals surface area contributed by atoms with E-state index >= 15 is 0 Å². The molecule has 1 aromatic carbocycles. The Balaban J connectivity index is 2.39. The third-order valence-corrected chi connectivity index (χ3v) is 5.64. The van der Waals surface area contributed by atoms with Gasteiger partial charge in [0.25, 0.3) is 10.0 Å². The molecule has 0 aliphatic carbocycles. The van der Waals surface area contributed by atoms with Crippen LogP contribution < -0.4 is 10.5 Å². The van der Waals surface area contributed by atoms with Gasteiger partial charge in [0.05, 0.1) is 5.69 Å². The molecule has 1 heterocycles. The van der Waals surface area contributed by atoms with Crippen molar-refractivity contribution < 1.29 is 8.42 Å². The molecule has 19 heavy (non-hydrogen) atoms. The van der Waals surface area contributed by atoms with Gasteiger partial charge in [-0.15, -0.1) is 11.3 Å². The molecule has 0 saturated carbocycles. The number of thiophene rings is 1. The number of nitrogens with one attached hydrogen (secondary N) is 1. The van der Waals surface area contributed by atoms with Crippen LogP contribution in [0.5, 0.6) is 0 Å². The zero-order chi connectivity index (χ0) is 14.0. The molecule has 0 spiro atoms. The molecule has 7 heteroatoms. The summed E-state index contributed by atoms with van der Waals surface area (Å²) < 4.78 is 28.1. The maximum Gasteiger partial charge on any atom is 0.263 e. The topological polar surface area (TPSA) is 72.2 Å². The molecule has 2 aromatic rings. The highest BCUT2D eigenvalue weighted by molar-refractivity contribution is 9.10. The summed E-state index contributed by atoms with van der Waals surface area (Å²) in [6.07, 6.45) is 0. The molecule has 0 unspecified atom stereocenters. The molecule has 0 aliphatic heterocycles. The van der Waals surface area contributed by atoms with Gasteiger partial charge in [-0.2, -0.15) is 0 Å². The molecular formula is C12H13BrN2O2S2. The Morgan fingerprint density at radius 3 is 2.79 bits per heavy atom. The number of halogens is 1.